The molecule has 0 bridgehead atoms. The van der Waals surface area contributed by atoms with Crippen molar-refractivity contribution >= 4 is 29.8 Å². The number of rotatable bonds is 8. The molecule has 0 fully saturated rings. The summed E-state index contributed by atoms with van der Waals surface area (Å²) in [6.45, 7) is 3.27. The van der Waals surface area contributed by atoms with Gasteiger partial charge in [0.25, 0.3) is 6.47 Å². The summed E-state index contributed by atoms with van der Waals surface area (Å²) in [5.41, 5.74) is 9.79. The highest BCUT2D eigenvalue weighted by atomic mass is 35.5. The number of nitrogens with one attached hydrogen (secondary N) is 1. The standard InChI is InChI=1S/C20H22N2O3.ClH/c1-14(25-13-23)11-16-12-18-19(24-10-9-21)8-7-17(20(18)22-16)15-5-3-2-4-6-15;/h2-8,12-14,22H,9-11,21H2,1H3;1H. The van der Waals surface area contributed by atoms with Crippen LogP contribution in [0.1, 0.15) is 12.6 Å². The van der Waals surface area contributed by atoms with E-state index >= 15 is 0 Å². The highest BCUT2D eigenvalue weighted by Gasteiger charge is 2.14. The molecule has 1 atom stereocenters. The highest BCUT2D eigenvalue weighted by Crippen LogP contribution is 2.35. The zero-order valence-corrected chi connectivity index (χ0v) is 15.4. The van der Waals surface area contributed by atoms with E-state index in [2.05, 4.69) is 29.2 Å². The zero-order valence-electron chi connectivity index (χ0n) is 14.6. The van der Waals surface area contributed by atoms with Crippen molar-refractivity contribution in [3.8, 4) is 16.9 Å². The molecule has 0 aliphatic carbocycles. The summed E-state index contributed by atoms with van der Waals surface area (Å²) in [4.78, 5) is 14.0. The summed E-state index contributed by atoms with van der Waals surface area (Å²) < 4.78 is 10.8. The van der Waals surface area contributed by atoms with Gasteiger partial charge in [-0.05, 0) is 30.7 Å². The minimum absolute atomic E-state index is 0. The predicted molar refractivity (Wildman–Crippen MR) is 106 cm³/mol. The number of aromatic nitrogens is 1. The number of nitrogens with two attached hydrogens (primary N) is 1. The third-order valence-electron chi connectivity index (χ3n) is 4.07. The van der Waals surface area contributed by atoms with Crippen LogP contribution in [0.3, 0.4) is 0 Å². The zero-order chi connectivity index (χ0) is 17.6. The first-order chi connectivity index (χ1) is 12.2. The second-order valence-corrected chi connectivity index (χ2v) is 5.94. The fraction of sp³-hybridized carbons (Fsp3) is 0.250. The Morgan fingerprint density at radius 3 is 2.65 bits per heavy atom. The van der Waals surface area contributed by atoms with E-state index in [9.17, 15) is 4.79 Å². The molecule has 0 saturated heterocycles. The minimum atomic E-state index is -0.195. The Bertz CT molecular complexity index is 849. The Labute approximate surface area is 158 Å². The number of benzene rings is 2. The molecular formula is C20H23ClN2O3. The summed E-state index contributed by atoms with van der Waals surface area (Å²) in [6, 6.07) is 16.3. The molecule has 0 radical (unpaired) electrons. The van der Waals surface area contributed by atoms with Crippen molar-refractivity contribution in [3.05, 3.63) is 54.2 Å². The maximum Gasteiger partial charge on any atom is 0.293 e. The molecule has 2 aromatic carbocycles. The van der Waals surface area contributed by atoms with E-state index in [4.69, 9.17) is 15.2 Å². The lowest BCUT2D eigenvalue weighted by molar-refractivity contribution is -0.132. The topological polar surface area (TPSA) is 77.3 Å². The Morgan fingerprint density at radius 1 is 1.19 bits per heavy atom. The van der Waals surface area contributed by atoms with E-state index in [1.807, 2.05) is 31.2 Å². The number of halogens is 1. The maximum atomic E-state index is 10.5. The van der Waals surface area contributed by atoms with Gasteiger partial charge in [0.05, 0.1) is 5.52 Å². The Balaban J connectivity index is 0.00000243. The van der Waals surface area contributed by atoms with Crippen molar-refractivity contribution in [3.63, 3.8) is 0 Å². The molecule has 0 aliphatic heterocycles. The number of carbonyl (C=O) groups is 1. The fourth-order valence-corrected chi connectivity index (χ4v) is 2.96. The smallest absolute Gasteiger partial charge is 0.293 e. The van der Waals surface area contributed by atoms with Crippen molar-refractivity contribution in [2.75, 3.05) is 13.2 Å². The Kier molecular flexibility index (Phi) is 7.06. The fourth-order valence-electron chi connectivity index (χ4n) is 2.96. The average molecular weight is 375 g/mol. The molecule has 1 aromatic heterocycles. The van der Waals surface area contributed by atoms with E-state index in [1.165, 1.54) is 0 Å². The number of hydrogen-bond acceptors (Lipinski definition) is 4. The van der Waals surface area contributed by atoms with Gasteiger partial charge in [-0.25, -0.2) is 0 Å². The number of fused-ring (bicyclic) bond motifs is 1. The van der Waals surface area contributed by atoms with Crippen LogP contribution < -0.4 is 10.5 Å². The van der Waals surface area contributed by atoms with E-state index < -0.39 is 0 Å². The molecule has 5 nitrogen and oxygen atoms in total. The normalized spacial score (nSPS) is 11.6. The van der Waals surface area contributed by atoms with Gasteiger partial charge < -0.3 is 20.2 Å². The van der Waals surface area contributed by atoms with Crippen LogP contribution in [0, 0.1) is 0 Å². The van der Waals surface area contributed by atoms with E-state index in [-0.39, 0.29) is 18.5 Å². The summed E-state index contributed by atoms with van der Waals surface area (Å²) >= 11 is 0. The third kappa shape index (κ3) is 4.36. The van der Waals surface area contributed by atoms with Crippen molar-refractivity contribution in [1.82, 2.24) is 4.98 Å². The van der Waals surface area contributed by atoms with E-state index in [1.54, 1.807) is 0 Å². The molecule has 3 aromatic rings. The van der Waals surface area contributed by atoms with Gasteiger partial charge in [0.15, 0.2) is 0 Å². The number of carbonyl (C=O) groups excluding carboxylic acids is 1. The summed E-state index contributed by atoms with van der Waals surface area (Å²) in [7, 11) is 0. The predicted octanol–water partition coefficient (Wildman–Crippen LogP) is 3.70. The van der Waals surface area contributed by atoms with E-state index in [0.717, 1.165) is 33.5 Å². The minimum Gasteiger partial charge on any atom is -0.492 e. The number of ether oxygens (including phenoxy) is 2. The summed E-state index contributed by atoms with van der Waals surface area (Å²) in [6.07, 6.45) is 0.414. The molecule has 6 heteroatoms. The van der Waals surface area contributed by atoms with Crippen LogP contribution in [0.25, 0.3) is 22.0 Å². The molecule has 0 saturated carbocycles. The number of H-pyrrole nitrogens is 1. The molecule has 0 spiro atoms. The molecule has 3 rings (SSSR count). The van der Waals surface area contributed by atoms with Crippen LogP contribution in [0.15, 0.2) is 48.5 Å². The summed E-state index contributed by atoms with van der Waals surface area (Å²) in [5.74, 6) is 0.798. The first-order valence-electron chi connectivity index (χ1n) is 8.35. The second-order valence-electron chi connectivity index (χ2n) is 5.94. The quantitative estimate of drug-likeness (QED) is 0.589. The van der Waals surface area contributed by atoms with Crippen molar-refractivity contribution in [2.24, 2.45) is 5.73 Å². The molecule has 138 valence electrons. The van der Waals surface area contributed by atoms with Crippen LogP contribution in [-0.2, 0) is 16.0 Å². The number of hydrogen-bond donors (Lipinski definition) is 2. The van der Waals surface area contributed by atoms with Gasteiger partial charge in [0.1, 0.15) is 18.5 Å². The Morgan fingerprint density at radius 2 is 1.96 bits per heavy atom. The monoisotopic (exact) mass is 374 g/mol. The van der Waals surface area contributed by atoms with Crippen LogP contribution in [0.2, 0.25) is 0 Å². The maximum absolute atomic E-state index is 10.5. The molecule has 0 aliphatic rings. The molecule has 26 heavy (non-hydrogen) atoms. The van der Waals surface area contributed by atoms with Gasteiger partial charge in [0, 0.05) is 29.6 Å². The van der Waals surface area contributed by atoms with Crippen LogP contribution in [-0.4, -0.2) is 30.7 Å². The molecule has 1 unspecified atom stereocenters. The Hall–Kier alpha value is -2.50. The lowest BCUT2D eigenvalue weighted by Crippen LogP contribution is -2.10. The third-order valence-corrected chi connectivity index (χ3v) is 4.07. The SMILES string of the molecule is CC(Cc1cc2c(OCCN)ccc(-c3ccccc3)c2[nH]1)OC=O.Cl. The van der Waals surface area contributed by atoms with Crippen molar-refractivity contribution in [2.45, 2.75) is 19.4 Å². The van der Waals surface area contributed by atoms with Gasteiger partial charge in [-0.3, -0.25) is 4.79 Å². The molecular weight excluding hydrogens is 352 g/mol. The molecule has 1 heterocycles. The largest absolute Gasteiger partial charge is 0.492 e. The van der Waals surface area contributed by atoms with Crippen LogP contribution >= 0.6 is 12.4 Å². The average Bonchev–Trinajstić information content (AvgIpc) is 3.04. The van der Waals surface area contributed by atoms with Crippen molar-refractivity contribution < 1.29 is 14.3 Å². The lowest BCUT2D eigenvalue weighted by Gasteiger charge is -2.09. The van der Waals surface area contributed by atoms with Crippen LogP contribution in [0.5, 0.6) is 5.75 Å². The number of aromatic amines is 1. The first-order valence-corrected chi connectivity index (χ1v) is 8.35. The van der Waals surface area contributed by atoms with Crippen LogP contribution in [0.4, 0.5) is 0 Å². The van der Waals surface area contributed by atoms with Gasteiger partial charge in [-0.15, -0.1) is 12.4 Å². The molecule has 3 N–H and O–H groups in total. The van der Waals surface area contributed by atoms with Crippen molar-refractivity contribution in [1.29, 1.82) is 0 Å². The van der Waals surface area contributed by atoms with Gasteiger partial charge in [0.2, 0.25) is 0 Å². The summed E-state index contributed by atoms with van der Waals surface area (Å²) in [5, 5.41) is 1.00. The van der Waals surface area contributed by atoms with Gasteiger partial charge >= 0.3 is 0 Å². The van der Waals surface area contributed by atoms with Gasteiger partial charge in [-0.1, -0.05) is 30.3 Å². The first kappa shape index (κ1) is 19.8. The highest BCUT2D eigenvalue weighted by molar-refractivity contribution is 5.98. The molecule has 0 amide bonds. The van der Waals surface area contributed by atoms with E-state index in [0.29, 0.717) is 26.0 Å². The second kappa shape index (κ2) is 9.27. The lowest BCUT2D eigenvalue weighted by atomic mass is 10.0. The van der Waals surface area contributed by atoms with Gasteiger partial charge in [-0.2, -0.15) is 0 Å².